The maximum Gasteiger partial charge on any atom is 0.260 e. The first-order valence-electron chi connectivity index (χ1n) is 11.7. The highest BCUT2D eigenvalue weighted by atomic mass is 16.5. The summed E-state index contributed by atoms with van der Waals surface area (Å²) in [6.45, 7) is 6.25. The van der Waals surface area contributed by atoms with Gasteiger partial charge in [-0.05, 0) is 62.6 Å². The summed E-state index contributed by atoms with van der Waals surface area (Å²) in [6.07, 6.45) is 2.74. The number of fused-ring (bicyclic) bond motifs is 4. The molecule has 0 N–H and O–H groups in total. The Morgan fingerprint density at radius 2 is 1.74 bits per heavy atom. The Balaban J connectivity index is 1.76. The third-order valence-electron chi connectivity index (χ3n) is 6.93. The van der Waals surface area contributed by atoms with E-state index in [1.165, 1.54) is 5.56 Å². The van der Waals surface area contributed by atoms with Crippen LogP contribution in [0.3, 0.4) is 0 Å². The van der Waals surface area contributed by atoms with E-state index in [0.717, 1.165) is 56.7 Å². The van der Waals surface area contributed by atoms with Gasteiger partial charge in [-0.15, -0.1) is 0 Å². The molecule has 0 fully saturated rings. The van der Waals surface area contributed by atoms with Crippen LogP contribution >= 0.6 is 0 Å². The Labute approximate surface area is 203 Å². The van der Waals surface area contributed by atoms with Crippen LogP contribution < -0.4 is 9.47 Å². The highest BCUT2D eigenvalue weighted by Crippen LogP contribution is 2.51. The second kappa shape index (κ2) is 7.98. The third kappa shape index (κ3) is 3.15. The molecule has 0 bridgehead atoms. The average molecular weight is 467 g/mol. The van der Waals surface area contributed by atoms with Gasteiger partial charge in [-0.3, -0.25) is 4.98 Å². The largest absolute Gasteiger partial charge is 0.493 e. The summed E-state index contributed by atoms with van der Waals surface area (Å²) in [4.78, 5) is 9.27. The molecule has 0 amide bonds. The minimum absolute atomic E-state index is 0.222. The van der Waals surface area contributed by atoms with Gasteiger partial charge in [-0.25, -0.2) is 0 Å². The van der Waals surface area contributed by atoms with Crippen molar-refractivity contribution < 1.29 is 14.0 Å². The van der Waals surface area contributed by atoms with Gasteiger partial charge in [0.1, 0.15) is 0 Å². The lowest BCUT2D eigenvalue weighted by atomic mass is 9.90. The van der Waals surface area contributed by atoms with Crippen LogP contribution in [0.15, 0.2) is 53.2 Å². The van der Waals surface area contributed by atoms with Crippen LogP contribution in [0.2, 0.25) is 0 Å². The second-order valence-electron chi connectivity index (χ2n) is 8.99. The van der Waals surface area contributed by atoms with Gasteiger partial charge in [0.05, 0.1) is 31.0 Å². The number of rotatable bonds is 4. The molecule has 1 aliphatic heterocycles. The molecule has 6 rings (SSSR count). The van der Waals surface area contributed by atoms with E-state index in [1.54, 1.807) is 14.2 Å². The number of aryl methyl sites for hydroxylation is 1. The standard InChI is InChI=1S/C28H26N4O3/c1-15-12-18-13-23(33-4)24(34-5)14-21(18)27-26(28-30-17(3)31-35-28)25(16(2)32(15)27)20-10-11-29-22-9-7-6-8-19(20)22/h6-11,13-15H,12H2,1-5H3. The first-order chi connectivity index (χ1) is 17.0. The lowest BCUT2D eigenvalue weighted by molar-refractivity contribution is 0.354. The topological polar surface area (TPSA) is 75.2 Å². The normalized spacial score (nSPS) is 14.6. The quantitative estimate of drug-likeness (QED) is 0.315. The maximum atomic E-state index is 5.81. The highest BCUT2D eigenvalue weighted by Gasteiger charge is 2.34. The van der Waals surface area contributed by atoms with Crippen LogP contribution in [0, 0.1) is 13.8 Å². The molecule has 35 heavy (non-hydrogen) atoms. The van der Waals surface area contributed by atoms with Gasteiger partial charge in [0.2, 0.25) is 0 Å². The van der Waals surface area contributed by atoms with E-state index in [1.807, 2.05) is 31.3 Å². The molecule has 0 radical (unpaired) electrons. The van der Waals surface area contributed by atoms with Gasteiger partial charge in [0, 0.05) is 34.4 Å². The zero-order valence-electron chi connectivity index (χ0n) is 20.4. The van der Waals surface area contributed by atoms with E-state index >= 15 is 0 Å². The monoisotopic (exact) mass is 466 g/mol. The minimum Gasteiger partial charge on any atom is -0.493 e. The summed E-state index contributed by atoms with van der Waals surface area (Å²) >= 11 is 0. The molecular formula is C28H26N4O3. The molecule has 176 valence electrons. The van der Waals surface area contributed by atoms with Crippen LogP contribution in [-0.4, -0.2) is 33.9 Å². The molecule has 0 saturated heterocycles. The molecule has 0 aliphatic carbocycles. The van der Waals surface area contributed by atoms with Crippen LogP contribution in [0.5, 0.6) is 11.5 Å². The molecule has 1 aliphatic rings. The fourth-order valence-electron chi connectivity index (χ4n) is 5.49. The molecular weight excluding hydrogens is 440 g/mol. The Morgan fingerprint density at radius 3 is 2.49 bits per heavy atom. The summed E-state index contributed by atoms with van der Waals surface area (Å²) in [5.74, 6) is 2.52. The van der Waals surface area contributed by atoms with Crippen molar-refractivity contribution in [3.63, 3.8) is 0 Å². The second-order valence-corrected chi connectivity index (χ2v) is 8.99. The van der Waals surface area contributed by atoms with Gasteiger partial charge in [-0.1, -0.05) is 23.4 Å². The molecule has 1 atom stereocenters. The summed E-state index contributed by atoms with van der Waals surface area (Å²) in [5, 5.41) is 5.21. The molecule has 7 nitrogen and oxygen atoms in total. The number of hydrogen-bond donors (Lipinski definition) is 0. The average Bonchev–Trinajstić information content (AvgIpc) is 3.43. The van der Waals surface area contributed by atoms with Crippen LogP contribution in [-0.2, 0) is 6.42 Å². The fourth-order valence-corrected chi connectivity index (χ4v) is 5.49. The molecule has 2 aromatic carbocycles. The molecule has 1 unspecified atom stereocenters. The van der Waals surface area contributed by atoms with E-state index < -0.39 is 0 Å². The SMILES string of the molecule is COc1cc2c(cc1OC)-c1c(-c3nc(C)no3)c(-c3ccnc4ccccc34)c(C)n1C(C)C2. The molecule has 0 spiro atoms. The predicted octanol–water partition coefficient (Wildman–Crippen LogP) is 6.17. The van der Waals surface area contributed by atoms with Crippen molar-refractivity contribution in [2.75, 3.05) is 14.2 Å². The number of methoxy groups -OCH3 is 2. The van der Waals surface area contributed by atoms with Crippen molar-refractivity contribution >= 4 is 10.9 Å². The zero-order chi connectivity index (χ0) is 24.3. The predicted molar refractivity (Wildman–Crippen MR) is 135 cm³/mol. The van der Waals surface area contributed by atoms with E-state index in [2.05, 4.69) is 57.8 Å². The van der Waals surface area contributed by atoms with Gasteiger partial charge in [-0.2, -0.15) is 4.98 Å². The van der Waals surface area contributed by atoms with Gasteiger partial charge >= 0.3 is 0 Å². The fraction of sp³-hybridized carbons (Fsp3) is 0.250. The number of para-hydroxylation sites is 1. The third-order valence-corrected chi connectivity index (χ3v) is 6.93. The number of benzene rings is 2. The minimum atomic E-state index is 0.222. The molecule has 3 aromatic heterocycles. The van der Waals surface area contributed by atoms with Gasteiger partial charge in [0.25, 0.3) is 5.89 Å². The van der Waals surface area contributed by atoms with Crippen molar-refractivity contribution in [2.45, 2.75) is 33.2 Å². The maximum absolute atomic E-state index is 5.81. The zero-order valence-corrected chi connectivity index (χ0v) is 20.4. The van der Waals surface area contributed by atoms with Crippen molar-refractivity contribution in [3.05, 3.63) is 65.7 Å². The van der Waals surface area contributed by atoms with Crippen LogP contribution in [0.1, 0.15) is 30.0 Å². The van der Waals surface area contributed by atoms with Crippen LogP contribution in [0.4, 0.5) is 0 Å². The van der Waals surface area contributed by atoms with Crippen molar-refractivity contribution in [1.29, 1.82) is 0 Å². The number of ether oxygens (including phenoxy) is 2. The first-order valence-corrected chi connectivity index (χ1v) is 11.7. The summed E-state index contributed by atoms with van der Waals surface area (Å²) in [6, 6.07) is 14.6. The van der Waals surface area contributed by atoms with E-state index in [4.69, 9.17) is 14.0 Å². The van der Waals surface area contributed by atoms with Crippen molar-refractivity contribution in [3.8, 4) is 45.3 Å². The summed E-state index contributed by atoms with van der Waals surface area (Å²) in [7, 11) is 3.33. The Kier molecular flexibility index (Phi) is 4.88. The highest BCUT2D eigenvalue weighted by molar-refractivity contribution is 6.03. The van der Waals surface area contributed by atoms with Gasteiger partial charge in [0.15, 0.2) is 17.3 Å². The van der Waals surface area contributed by atoms with Crippen LogP contribution in [0.25, 0.3) is 44.7 Å². The number of hydrogen-bond acceptors (Lipinski definition) is 6. The summed E-state index contributed by atoms with van der Waals surface area (Å²) in [5.41, 5.74) is 8.53. The van der Waals surface area contributed by atoms with E-state index in [-0.39, 0.29) is 6.04 Å². The first kappa shape index (κ1) is 21.4. The number of pyridine rings is 1. The number of aromatic nitrogens is 4. The lowest BCUT2D eigenvalue weighted by Gasteiger charge is -2.28. The molecule has 0 saturated carbocycles. The smallest absolute Gasteiger partial charge is 0.260 e. The summed E-state index contributed by atoms with van der Waals surface area (Å²) < 4.78 is 19.5. The van der Waals surface area contributed by atoms with Crippen molar-refractivity contribution in [1.82, 2.24) is 19.7 Å². The Bertz CT molecular complexity index is 1590. The Morgan fingerprint density at radius 1 is 0.971 bits per heavy atom. The molecule has 7 heteroatoms. The molecule has 5 aromatic rings. The van der Waals surface area contributed by atoms with Crippen molar-refractivity contribution in [2.24, 2.45) is 0 Å². The number of nitrogens with zero attached hydrogens (tertiary/aromatic N) is 4. The lowest BCUT2D eigenvalue weighted by Crippen LogP contribution is -2.17. The van der Waals surface area contributed by atoms with E-state index in [9.17, 15) is 0 Å². The molecule has 4 heterocycles. The van der Waals surface area contributed by atoms with Gasteiger partial charge < -0.3 is 18.6 Å². The Hall–Kier alpha value is -4.13. The van der Waals surface area contributed by atoms with E-state index in [0.29, 0.717) is 17.5 Å².